The van der Waals surface area contributed by atoms with Crippen LogP contribution in [0.4, 0.5) is 0 Å². The van der Waals surface area contributed by atoms with Crippen molar-refractivity contribution in [3.8, 4) is 0 Å². The maximum atomic E-state index is 12.3. The molecule has 0 bridgehead atoms. The van der Waals surface area contributed by atoms with Gasteiger partial charge in [0.2, 0.25) is 0 Å². The molecule has 18 heavy (non-hydrogen) atoms. The summed E-state index contributed by atoms with van der Waals surface area (Å²) >= 11 is 1.22. The predicted molar refractivity (Wildman–Crippen MR) is 75.7 cm³/mol. The van der Waals surface area contributed by atoms with Crippen LogP contribution in [-0.2, 0) is 4.18 Å². The fraction of sp³-hybridized carbons (Fsp3) is 0.133. The standard InChI is InChI=1S/C15H12O2S/c1-18-17-14-7-6-12-8-10-4-2-3-5-11(10)9-13(12)15(14)16/h2-9,14H,1H3. The predicted octanol–water partition coefficient (Wildman–Crippen LogP) is 3.71. The Morgan fingerprint density at radius 2 is 1.89 bits per heavy atom. The molecule has 1 aliphatic carbocycles. The number of carbonyl (C=O) groups excluding carboxylic acids is 1. The summed E-state index contributed by atoms with van der Waals surface area (Å²) in [5, 5.41) is 2.24. The first-order valence-electron chi connectivity index (χ1n) is 5.74. The lowest BCUT2D eigenvalue weighted by Crippen LogP contribution is -2.23. The molecule has 1 unspecified atom stereocenters. The Labute approximate surface area is 110 Å². The van der Waals surface area contributed by atoms with Gasteiger partial charge in [-0.05, 0) is 46.6 Å². The second kappa shape index (κ2) is 4.59. The molecular formula is C15H12O2S. The fourth-order valence-electron chi connectivity index (χ4n) is 2.22. The van der Waals surface area contributed by atoms with E-state index in [-0.39, 0.29) is 5.78 Å². The van der Waals surface area contributed by atoms with E-state index < -0.39 is 6.10 Å². The fourth-order valence-corrected chi connectivity index (χ4v) is 2.58. The SMILES string of the molecule is CSOC1C=Cc2cc3ccccc3cc2C1=O. The molecule has 0 amide bonds. The van der Waals surface area contributed by atoms with Gasteiger partial charge in [-0.1, -0.05) is 30.3 Å². The third-order valence-corrected chi connectivity index (χ3v) is 3.49. The van der Waals surface area contributed by atoms with Gasteiger partial charge in [-0.25, -0.2) is 0 Å². The molecule has 2 aromatic rings. The van der Waals surface area contributed by atoms with Gasteiger partial charge in [-0.2, -0.15) is 0 Å². The Balaban J connectivity index is 2.14. The van der Waals surface area contributed by atoms with Crippen LogP contribution in [0, 0.1) is 0 Å². The minimum Gasteiger partial charge on any atom is -0.300 e. The van der Waals surface area contributed by atoms with Crippen molar-refractivity contribution in [1.82, 2.24) is 0 Å². The van der Waals surface area contributed by atoms with Crippen LogP contribution < -0.4 is 0 Å². The molecule has 0 fully saturated rings. The maximum Gasteiger partial charge on any atom is 0.197 e. The summed E-state index contributed by atoms with van der Waals surface area (Å²) in [6.45, 7) is 0. The molecule has 3 heteroatoms. The molecule has 90 valence electrons. The van der Waals surface area contributed by atoms with E-state index in [9.17, 15) is 4.79 Å². The Kier molecular flexibility index (Phi) is 2.94. The van der Waals surface area contributed by atoms with Gasteiger partial charge in [0.25, 0.3) is 0 Å². The Morgan fingerprint density at radius 1 is 1.17 bits per heavy atom. The van der Waals surface area contributed by atoms with Gasteiger partial charge in [0.15, 0.2) is 11.9 Å². The van der Waals surface area contributed by atoms with E-state index in [0.29, 0.717) is 0 Å². The van der Waals surface area contributed by atoms with Crippen LogP contribution in [0.3, 0.4) is 0 Å². The van der Waals surface area contributed by atoms with Crippen LogP contribution >= 0.6 is 12.0 Å². The van der Waals surface area contributed by atoms with E-state index in [1.807, 2.05) is 48.7 Å². The molecule has 2 nitrogen and oxygen atoms in total. The van der Waals surface area contributed by atoms with Crippen molar-refractivity contribution < 1.29 is 8.98 Å². The number of rotatable bonds is 2. The molecule has 2 aromatic carbocycles. The van der Waals surface area contributed by atoms with E-state index >= 15 is 0 Å². The summed E-state index contributed by atoms with van der Waals surface area (Å²) in [6.07, 6.45) is 5.13. The van der Waals surface area contributed by atoms with Gasteiger partial charge >= 0.3 is 0 Å². The second-order valence-corrected chi connectivity index (χ2v) is 4.72. The van der Waals surface area contributed by atoms with Crippen LogP contribution in [0.5, 0.6) is 0 Å². The molecule has 1 aliphatic rings. The number of Topliss-reactive ketones (excluding diaryl/α,β-unsaturated/α-hetero) is 1. The number of hydrogen-bond acceptors (Lipinski definition) is 3. The molecule has 0 N–H and O–H groups in total. The first-order chi connectivity index (χ1) is 8.79. The van der Waals surface area contributed by atoms with E-state index in [0.717, 1.165) is 21.9 Å². The molecule has 0 heterocycles. The average Bonchev–Trinajstić information content (AvgIpc) is 2.41. The molecule has 0 saturated carbocycles. The van der Waals surface area contributed by atoms with E-state index in [1.165, 1.54) is 12.0 Å². The number of ketones is 1. The zero-order chi connectivity index (χ0) is 12.5. The van der Waals surface area contributed by atoms with Crippen LogP contribution in [0.25, 0.3) is 16.8 Å². The minimum absolute atomic E-state index is 0.0348. The van der Waals surface area contributed by atoms with Gasteiger partial charge in [0.1, 0.15) is 0 Å². The number of hydrogen-bond donors (Lipinski definition) is 0. The van der Waals surface area contributed by atoms with Gasteiger partial charge in [-0.3, -0.25) is 8.98 Å². The quantitative estimate of drug-likeness (QED) is 0.766. The summed E-state index contributed by atoms with van der Waals surface area (Å²) in [4.78, 5) is 12.3. The highest BCUT2D eigenvalue weighted by atomic mass is 32.2. The van der Waals surface area contributed by atoms with Crippen molar-refractivity contribution in [3.05, 3.63) is 53.6 Å². The van der Waals surface area contributed by atoms with Crippen molar-refractivity contribution in [2.45, 2.75) is 6.10 Å². The molecule has 0 aromatic heterocycles. The molecule has 3 rings (SSSR count). The third kappa shape index (κ3) is 1.85. The summed E-state index contributed by atoms with van der Waals surface area (Å²) in [5.74, 6) is 0.0348. The molecule has 0 saturated heterocycles. The highest BCUT2D eigenvalue weighted by molar-refractivity contribution is 7.93. The topological polar surface area (TPSA) is 26.3 Å². The van der Waals surface area contributed by atoms with Crippen molar-refractivity contribution in [2.75, 3.05) is 6.26 Å². The van der Waals surface area contributed by atoms with Crippen molar-refractivity contribution in [3.63, 3.8) is 0 Å². The summed E-state index contributed by atoms with van der Waals surface area (Å²) in [6, 6.07) is 12.1. The Hall–Kier alpha value is -1.58. The zero-order valence-electron chi connectivity index (χ0n) is 9.92. The molecule has 0 radical (unpaired) electrons. The normalized spacial score (nSPS) is 18.1. The number of carbonyl (C=O) groups is 1. The van der Waals surface area contributed by atoms with Crippen molar-refractivity contribution in [2.24, 2.45) is 0 Å². The molecule has 1 atom stereocenters. The third-order valence-electron chi connectivity index (χ3n) is 3.09. The summed E-state index contributed by atoms with van der Waals surface area (Å²) in [5.41, 5.74) is 1.72. The first kappa shape index (κ1) is 11.5. The monoisotopic (exact) mass is 256 g/mol. The summed E-state index contributed by atoms with van der Waals surface area (Å²) in [7, 11) is 0. The van der Waals surface area contributed by atoms with Gasteiger partial charge in [0, 0.05) is 11.8 Å². The average molecular weight is 256 g/mol. The lowest BCUT2D eigenvalue weighted by molar-refractivity contribution is 0.0873. The van der Waals surface area contributed by atoms with E-state index in [2.05, 4.69) is 6.07 Å². The number of benzene rings is 2. The lowest BCUT2D eigenvalue weighted by atomic mass is 9.91. The van der Waals surface area contributed by atoms with Crippen LogP contribution in [0.15, 0.2) is 42.5 Å². The van der Waals surface area contributed by atoms with E-state index in [1.54, 1.807) is 0 Å². The first-order valence-corrected chi connectivity index (χ1v) is 6.89. The van der Waals surface area contributed by atoms with Gasteiger partial charge in [-0.15, -0.1) is 0 Å². The van der Waals surface area contributed by atoms with Crippen molar-refractivity contribution in [1.29, 1.82) is 0 Å². The van der Waals surface area contributed by atoms with Crippen LogP contribution in [0.2, 0.25) is 0 Å². The molecule has 0 spiro atoms. The van der Waals surface area contributed by atoms with Gasteiger partial charge < -0.3 is 0 Å². The highest BCUT2D eigenvalue weighted by Crippen LogP contribution is 2.27. The van der Waals surface area contributed by atoms with Crippen LogP contribution in [-0.4, -0.2) is 18.1 Å². The zero-order valence-corrected chi connectivity index (χ0v) is 10.7. The maximum absolute atomic E-state index is 12.3. The highest BCUT2D eigenvalue weighted by Gasteiger charge is 2.24. The molecular weight excluding hydrogens is 244 g/mol. The smallest absolute Gasteiger partial charge is 0.197 e. The second-order valence-electron chi connectivity index (χ2n) is 4.19. The summed E-state index contributed by atoms with van der Waals surface area (Å²) < 4.78 is 5.34. The minimum atomic E-state index is -0.464. The Bertz CT molecular complexity index is 646. The largest absolute Gasteiger partial charge is 0.300 e. The van der Waals surface area contributed by atoms with Crippen molar-refractivity contribution >= 4 is 34.7 Å². The Morgan fingerprint density at radius 3 is 2.61 bits per heavy atom. The lowest BCUT2D eigenvalue weighted by Gasteiger charge is -2.17. The van der Waals surface area contributed by atoms with E-state index in [4.69, 9.17) is 4.18 Å². The molecule has 0 aliphatic heterocycles. The van der Waals surface area contributed by atoms with Crippen LogP contribution in [0.1, 0.15) is 15.9 Å². The van der Waals surface area contributed by atoms with Gasteiger partial charge in [0.05, 0.1) is 0 Å². The number of fused-ring (bicyclic) bond motifs is 2.